The number of nitrogens with zero attached hydrogens (tertiary/aromatic N) is 2. The van der Waals surface area contributed by atoms with Gasteiger partial charge in [0.25, 0.3) is 0 Å². The van der Waals surface area contributed by atoms with E-state index in [0.717, 1.165) is 35.9 Å². The van der Waals surface area contributed by atoms with E-state index < -0.39 is 11.7 Å². The van der Waals surface area contributed by atoms with E-state index in [4.69, 9.17) is 11.6 Å². The molecule has 2 aromatic rings. The van der Waals surface area contributed by atoms with Gasteiger partial charge in [-0.2, -0.15) is 0 Å². The molecular weight excluding hydrogens is 324 g/mol. The summed E-state index contributed by atoms with van der Waals surface area (Å²) in [5, 5.41) is 7.21. The molecular formula is C18H15ClN4O. The maximum Gasteiger partial charge on any atom is 0.157 e. The topological polar surface area (TPSA) is 66.9 Å². The number of benzene rings is 1. The van der Waals surface area contributed by atoms with E-state index in [1.807, 2.05) is 18.2 Å². The summed E-state index contributed by atoms with van der Waals surface area (Å²) in [5.74, 6) is 6.86. The van der Waals surface area contributed by atoms with E-state index >= 15 is 0 Å². The van der Waals surface area contributed by atoms with Gasteiger partial charge in [0.2, 0.25) is 0 Å². The van der Waals surface area contributed by atoms with Crippen LogP contribution in [-0.4, -0.2) is 22.4 Å². The number of nitrogens with one attached hydrogen (secondary N) is 2. The molecule has 2 atom stereocenters. The van der Waals surface area contributed by atoms with Crippen molar-refractivity contribution in [3.05, 3.63) is 53.1 Å². The molecule has 0 spiro atoms. The van der Waals surface area contributed by atoms with Crippen molar-refractivity contribution in [2.24, 2.45) is 5.92 Å². The van der Waals surface area contributed by atoms with E-state index in [-0.39, 0.29) is 0 Å². The predicted molar refractivity (Wildman–Crippen MR) is 91.4 cm³/mol. The molecule has 5 nitrogen and oxygen atoms in total. The molecule has 2 aliphatic rings. The Labute approximate surface area is 144 Å². The van der Waals surface area contributed by atoms with Crippen LogP contribution in [0.3, 0.4) is 0 Å². The van der Waals surface area contributed by atoms with Gasteiger partial charge in [-0.1, -0.05) is 23.4 Å². The Morgan fingerprint density at radius 1 is 1.29 bits per heavy atom. The summed E-state index contributed by atoms with van der Waals surface area (Å²) in [4.78, 5) is 19.4. The number of aldehydes is 1. The van der Waals surface area contributed by atoms with Crippen LogP contribution in [0.2, 0.25) is 5.02 Å². The molecule has 6 heteroatoms. The zero-order valence-electron chi connectivity index (χ0n) is 12.8. The molecule has 1 aromatic carbocycles. The third kappa shape index (κ3) is 2.64. The van der Waals surface area contributed by atoms with E-state index in [9.17, 15) is 4.79 Å². The second kappa shape index (κ2) is 5.90. The maximum absolute atomic E-state index is 11.4. The van der Waals surface area contributed by atoms with Crippen molar-refractivity contribution in [2.75, 3.05) is 5.32 Å². The van der Waals surface area contributed by atoms with Crippen molar-refractivity contribution in [1.29, 1.82) is 0 Å². The quantitative estimate of drug-likeness (QED) is 0.650. The minimum atomic E-state index is -0.604. The number of fused-ring (bicyclic) bond motifs is 1. The summed E-state index contributed by atoms with van der Waals surface area (Å²) >= 11 is 6.22. The van der Waals surface area contributed by atoms with Gasteiger partial charge < -0.3 is 5.32 Å². The fraction of sp³-hybridized carbons (Fsp3) is 0.278. The number of hydrogen-bond donors (Lipinski definition) is 2. The Hall–Kier alpha value is -2.42. The van der Waals surface area contributed by atoms with Gasteiger partial charge in [0.15, 0.2) is 6.29 Å². The Morgan fingerprint density at radius 2 is 2.08 bits per heavy atom. The normalized spacial score (nSPS) is 25.0. The number of rotatable bonds is 2. The van der Waals surface area contributed by atoms with E-state index in [0.29, 0.717) is 10.9 Å². The van der Waals surface area contributed by atoms with Gasteiger partial charge in [-0.25, -0.2) is 9.97 Å². The first kappa shape index (κ1) is 15.1. The zero-order valence-corrected chi connectivity index (χ0v) is 13.5. The molecule has 1 aliphatic heterocycles. The molecule has 0 amide bonds. The van der Waals surface area contributed by atoms with Crippen LogP contribution in [0.15, 0.2) is 36.9 Å². The summed E-state index contributed by atoms with van der Waals surface area (Å²) in [5.41, 5.74) is 2.01. The predicted octanol–water partition coefficient (Wildman–Crippen LogP) is 2.33. The van der Waals surface area contributed by atoms with Gasteiger partial charge in [-0.3, -0.25) is 10.1 Å². The van der Waals surface area contributed by atoms with E-state index in [1.165, 1.54) is 6.33 Å². The summed E-state index contributed by atoms with van der Waals surface area (Å²) < 4.78 is 0. The van der Waals surface area contributed by atoms with Crippen LogP contribution in [0.25, 0.3) is 0 Å². The first-order valence-electron chi connectivity index (χ1n) is 7.79. The Balaban J connectivity index is 1.86. The lowest BCUT2D eigenvalue weighted by Crippen LogP contribution is -2.56. The highest BCUT2D eigenvalue weighted by Gasteiger charge is 2.50. The summed E-state index contributed by atoms with van der Waals surface area (Å²) in [6, 6.07) is 5.64. The second-order valence-corrected chi connectivity index (χ2v) is 6.49. The first-order valence-corrected chi connectivity index (χ1v) is 8.17. The van der Waals surface area contributed by atoms with Crippen LogP contribution in [-0.2, 0) is 10.3 Å². The summed E-state index contributed by atoms with van der Waals surface area (Å²) in [6.45, 7) is 0. The van der Waals surface area contributed by atoms with Crippen molar-refractivity contribution in [2.45, 2.75) is 24.5 Å². The molecule has 0 bridgehead atoms. The van der Waals surface area contributed by atoms with Crippen molar-refractivity contribution in [3.8, 4) is 11.8 Å². The highest BCUT2D eigenvalue weighted by molar-refractivity contribution is 6.30. The number of halogens is 1. The van der Waals surface area contributed by atoms with Crippen molar-refractivity contribution >= 4 is 23.6 Å². The van der Waals surface area contributed by atoms with Gasteiger partial charge in [0.1, 0.15) is 18.0 Å². The monoisotopic (exact) mass is 338 g/mol. The van der Waals surface area contributed by atoms with Gasteiger partial charge >= 0.3 is 0 Å². The van der Waals surface area contributed by atoms with Crippen LogP contribution in [0.1, 0.15) is 24.0 Å². The SMILES string of the molecule is O=CC1Nc2ccc(Cl)cc2C(C#Cc2cncnc2)(C2CC2)N1. The molecule has 120 valence electrons. The molecule has 1 aromatic heterocycles. The average Bonchev–Trinajstić information content (AvgIpc) is 3.46. The largest absolute Gasteiger partial charge is 0.364 e. The lowest BCUT2D eigenvalue weighted by Gasteiger charge is -2.40. The van der Waals surface area contributed by atoms with Gasteiger partial charge in [0.05, 0.1) is 5.56 Å². The molecule has 2 unspecified atom stereocenters. The van der Waals surface area contributed by atoms with Crippen molar-refractivity contribution < 1.29 is 4.79 Å². The fourth-order valence-corrected chi connectivity index (χ4v) is 3.33. The minimum absolute atomic E-state index is 0.344. The summed E-state index contributed by atoms with van der Waals surface area (Å²) in [6.07, 6.45) is 7.33. The van der Waals surface area contributed by atoms with Gasteiger partial charge in [0, 0.05) is 28.7 Å². The number of aromatic nitrogens is 2. The minimum Gasteiger partial charge on any atom is -0.364 e. The smallest absolute Gasteiger partial charge is 0.157 e. The third-order valence-electron chi connectivity index (χ3n) is 4.39. The summed E-state index contributed by atoms with van der Waals surface area (Å²) in [7, 11) is 0. The highest BCUT2D eigenvalue weighted by atomic mass is 35.5. The van der Waals surface area contributed by atoms with Crippen LogP contribution in [0.5, 0.6) is 0 Å². The van der Waals surface area contributed by atoms with Crippen molar-refractivity contribution in [3.63, 3.8) is 0 Å². The standard InChI is InChI=1S/C18H15ClN4O/c19-14-3-4-16-15(7-14)18(13-1-2-13,23-17(10-24)22-16)6-5-12-8-20-11-21-9-12/h3-4,7-11,13,17,22-23H,1-2H2. The molecule has 0 radical (unpaired) electrons. The number of carbonyl (C=O) groups is 1. The first-order chi connectivity index (χ1) is 11.7. The Morgan fingerprint density at radius 3 is 2.79 bits per heavy atom. The fourth-order valence-electron chi connectivity index (χ4n) is 3.16. The average molecular weight is 339 g/mol. The molecule has 1 saturated carbocycles. The third-order valence-corrected chi connectivity index (χ3v) is 4.63. The molecule has 1 aliphatic carbocycles. The molecule has 24 heavy (non-hydrogen) atoms. The van der Waals surface area contributed by atoms with E-state index in [1.54, 1.807) is 12.4 Å². The lowest BCUT2D eigenvalue weighted by molar-refractivity contribution is -0.109. The second-order valence-electron chi connectivity index (χ2n) is 6.05. The maximum atomic E-state index is 11.4. The zero-order chi connectivity index (χ0) is 16.6. The van der Waals surface area contributed by atoms with Crippen LogP contribution in [0.4, 0.5) is 5.69 Å². The lowest BCUT2D eigenvalue weighted by atomic mass is 9.82. The van der Waals surface area contributed by atoms with Crippen molar-refractivity contribution in [1.82, 2.24) is 15.3 Å². The molecule has 2 heterocycles. The van der Waals surface area contributed by atoms with Gasteiger partial charge in [-0.15, -0.1) is 0 Å². The molecule has 2 N–H and O–H groups in total. The molecule has 1 fully saturated rings. The van der Waals surface area contributed by atoms with Crippen LogP contribution < -0.4 is 10.6 Å². The molecule has 0 saturated heterocycles. The van der Waals surface area contributed by atoms with Crippen LogP contribution >= 0.6 is 11.6 Å². The number of anilines is 1. The van der Waals surface area contributed by atoms with E-state index in [2.05, 4.69) is 32.4 Å². The number of carbonyl (C=O) groups excluding carboxylic acids is 1. The van der Waals surface area contributed by atoms with Crippen LogP contribution in [0, 0.1) is 17.8 Å². The van der Waals surface area contributed by atoms with Gasteiger partial charge in [-0.05, 0) is 37.0 Å². The number of hydrogen-bond acceptors (Lipinski definition) is 5. The Bertz CT molecular complexity index is 841. The highest BCUT2D eigenvalue weighted by Crippen LogP contribution is 2.49. The Kier molecular flexibility index (Phi) is 3.72. The molecule has 4 rings (SSSR count).